The van der Waals surface area contributed by atoms with Crippen LogP contribution in [0.5, 0.6) is 0 Å². The molecule has 0 spiro atoms. The van der Waals surface area contributed by atoms with Gasteiger partial charge in [0.15, 0.2) is 5.78 Å². The topological polar surface area (TPSA) is 17.1 Å². The average molecular weight is 287 g/mol. The van der Waals surface area contributed by atoms with E-state index < -0.39 is 0 Å². The number of halogens is 1. The molecule has 0 saturated carbocycles. The van der Waals surface area contributed by atoms with E-state index in [1.54, 1.807) is 12.1 Å². The molecule has 0 unspecified atom stereocenters. The third-order valence-electron chi connectivity index (χ3n) is 3.47. The Bertz CT molecular complexity index is 617. The summed E-state index contributed by atoms with van der Waals surface area (Å²) in [5.41, 5.74) is 3.61. The molecule has 0 aliphatic heterocycles. The highest BCUT2D eigenvalue weighted by Crippen LogP contribution is 2.22. The second-order valence-electron chi connectivity index (χ2n) is 5.06. The molecule has 0 bridgehead atoms. The van der Waals surface area contributed by atoms with Gasteiger partial charge in [0.1, 0.15) is 0 Å². The number of carbonyl (C=O) groups is 1. The highest BCUT2D eigenvalue weighted by atomic mass is 35.5. The van der Waals surface area contributed by atoms with Crippen LogP contribution in [0.15, 0.2) is 42.5 Å². The van der Waals surface area contributed by atoms with Crippen LogP contribution in [-0.4, -0.2) is 5.78 Å². The minimum absolute atomic E-state index is 0.00450. The van der Waals surface area contributed by atoms with E-state index in [0.717, 1.165) is 17.5 Å². The van der Waals surface area contributed by atoms with Crippen molar-refractivity contribution in [3.8, 4) is 0 Å². The van der Waals surface area contributed by atoms with E-state index in [-0.39, 0.29) is 5.78 Å². The van der Waals surface area contributed by atoms with Gasteiger partial charge in [0.25, 0.3) is 0 Å². The van der Waals surface area contributed by atoms with E-state index >= 15 is 0 Å². The van der Waals surface area contributed by atoms with Gasteiger partial charge >= 0.3 is 0 Å². The van der Waals surface area contributed by atoms with Gasteiger partial charge in [-0.15, -0.1) is 0 Å². The van der Waals surface area contributed by atoms with Crippen LogP contribution in [0.2, 0.25) is 5.02 Å². The first kappa shape index (κ1) is 14.8. The van der Waals surface area contributed by atoms with Crippen LogP contribution in [0.3, 0.4) is 0 Å². The van der Waals surface area contributed by atoms with Crippen LogP contribution in [-0.2, 0) is 6.42 Å². The van der Waals surface area contributed by atoms with E-state index in [9.17, 15) is 4.79 Å². The molecule has 2 heteroatoms. The molecule has 0 radical (unpaired) electrons. The fourth-order valence-electron chi connectivity index (χ4n) is 2.31. The fourth-order valence-corrected chi connectivity index (χ4v) is 2.53. The van der Waals surface area contributed by atoms with Gasteiger partial charge in [-0.1, -0.05) is 55.3 Å². The molecule has 104 valence electrons. The molecule has 20 heavy (non-hydrogen) atoms. The average Bonchev–Trinajstić information content (AvgIpc) is 2.45. The van der Waals surface area contributed by atoms with Crippen LogP contribution < -0.4 is 0 Å². The molecular weight excluding hydrogens is 268 g/mol. The Morgan fingerprint density at radius 3 is 2.50 bits per heavy atom. The van der Waals surface area contributed by atoms with Crippen molar-refractivity contribution in [3.63, 3.8) is 0 Å². The van der Waals surface area contributed by atoms with Crippen molar-refractivity contribution in [1.29, 1.82) is 0 Å². The number of rotatable bonds is 5. The van der Waals surface area contributed by atoms with Crippen LogP contribution in [0, 0.1) is 6.92 Å². The second kappa shape index (κ2) is 6.71. The molecular formula is C18H19ClO. The Kier molecular flexibility index (Phi) is 4.97. The Hall–Kier alpha value is -1.60. The minimum Gasteiger partial charge on any atom is -0.289 e. The van der Waals surface area contributed by atoms with Crippen LogP contribution >= 0.6 is 11.6 Å². The predicted octanol–water partition coefficient (Wildman–Crippen LogP) is 5.22. The summed E-state index contributed by atoms with van der Waals surface area (Å²) in [7, 11) is 0. The Labute approximate surface area is 125 Å². The number of carbonyl (C=O) groups excluding carboxylic acids is 1. The van der Waals surface area contributed by atoms with Gasteiger partial charge in [-0.2, -0.15) is 0 Å². The maximum atomic E-state index is 12.5. The molecule has 0 heterocycles. The Balaban J connectivity index is 2.29. The maximum Gasteiger partial charge on any atom is 0.194 e. The van der Waals surface area contributed by atoms with E-state index in [1.165, 1.54) is 18.4 Å². The molecule has 1 nitrogen and oxygen atoms in total. The smallest absolute Gasteiger partial charge is 0.194 e. The fraction of sp³-hybridized carbons (Fsp3) is 0.278. The zero-order valence-electron chi connectivity index (χ0n) is 11.9. The van der Waals surface area contributed by atoms with Gasteiger partial charge in [-0.25, -0.2) is 0 Å². The molecule has 2 aromatic rings. The molecule has 0 aliphatic carbocycles. The van der Waals surface area contributed by atoms with Crippen LogP contribution in [0.1, 0.15) is 46.8 Å². The number of ketones is 1. The van der Waals surface area contributed by atoms with E-state index in [1.807, 2.05) is 31.2 Å². The van der Waals surface area contributed by atoms with Crippen molar-refractivity contribution in [3.05, 3.63) is 69.7 Å². The first-order valence-electron chi connectivity index (χ1n) is 7.02. The van der Waals surface area contributed by atoms with Crippen molar-refractivity contribution in [2.45, 2.75) is 33.1 Å². The number of aryl methyl sites for hydroxylation is 2. The summed E-state index contributed by atoms with van der Waals surface area (Å²) in [6.45, 7) is 4.17. The molecule has 0 atom stereocenters. The lowest BCUT2D eigenvalue weighted by Gasteiger charge is -2.09. The zero-order chi connectivity index (χ0) is 14.5. The summed E-state index contributed by atoms with van der Waals surface area (Å²) in [4.78, 5) is 12.5. The van der Waals surface area contributed by atoms with Gasteiger partial charge in [0, 0.05) is 11.1 Å². The van der Waals surface area contributed by atoms with Gasteiger partial charge in [-0.3, -0.25) is 4.79 Å². The molecule has 0 fully saturated rings. The highest BCUT2D eigenvalue weighted by molar-refractivity contribution is 6.35. The first-order valence-corrected chi connectivity index (χ1v) is 7.40. The molecule has 2 aromatic carbocycles. The third-order valence-corrected chi connectivity index (χ3v) is 3.80. The Morgan fingerprint density at radius 2 is 1.85 bits per heavy atom. The van der Waals surface area contributed by atoms with Crippen LogP contribution in [0.25, 0.3) is 0 Å². The van der Waals surface area contributed by atoms with E-state index in [4.69, 9.17) is 11.6 Å². The largest absolute Gasteiger partial charge is 0.289 e. The SMILES string of the molecule is CCCCc1ccc(C(=O)c2ccccc2Cl)c(C)c1. The lowest BCUT2D eigenvalue weighted by molar-refractivity contribution is 0.103. The quantitative estimate of drug-likeness (QED) is 0.689. The first-order chi connectivity index (χ1) is 9.63. The second-order valence-corrected chi connectivity index (χ2v) is 5.47. The van der Waals surface area contributed by atoms with Gasteiger partial charge in [0.05, 0.1) is 5.02 Å². The lowest BCUT2D eigenvalue weighted by Crippen LogP contribution is -2.05. The molecule has 0 aliphatic rings. The standard InChI is InChI=1S/C18H19ClO/c1-3-4-7-14-10-11-15(13(2)12-14)18(20)16-8-5-6-9-17(16)19/h5-6,8-12H,3-4,7H2,1-2H3. The predicted molar refractivity (Wildman–Crippen MR) is 84.7 cm³/mol. The van der Waals surface area contributed by atoms with Gasteiger partial charge in [0.2, 0.25) is 0 Å². The summed E-state index contributed by atoms with van der Waals surface area (Å²) in [5, 5.41) is 0.506. The summed E-state index contributed by atoms with van der Waals surface area (Å²) in [6.07, 6.45) is 3.43. The molecule has 0 saturated heterocycles. The normalized spacial score (nSPS) is 10.6. The van der Waals surface area contributed by atoms with Crippen molar-refractivity contribution >= 4 is 17.4 Å². The summed E-state index contributed by atoms with van der Waals surface area (Å²) in [5.74, 6) is -0.00450. The zero-order valence-corrected chi connectivity index (χ0v) is 12.7. The van der Waals surface area contributed by atoms with E-state index in [2.05, 4.69) is 13.0 Å². The Morgan fingerprint density at radius 1 is 1.10 bits per heavy atom. The number of hydrogen-bond donors (Lipinski definition) is 0. The third kappa shape index (κ3) is 3.29. The van der Waals surface area contributed by atoms with Crippen molar-refractivity contribution in [2.24, 2.45) is 0 Å². The van der Waals surface area contributed by atoms with Crippen molar-refractivity contribution < 1.29 is 4.79 Å². The monoisotopic (exact) mass is 286 g/mol. The van der Waals surface area contributed by atoms with Gasteiger partial charge in [-0.05, 0) is 43.0 Å². The molecule has 2 rings (SSSR count). The molecule has 0 amide bonds. The highest BCUT2D eigenvalue weighted by Gasteiger charge is 2.14. The minimum atomic E-state index is -0.00450. The summed E-state index contributed by atoms with van der Waals surface area (Å²) < 4.78 is 0. The molecule has 0 aromatic heterocycles. The van der Waals surface area contributed by atoms with Crippen molar-refractivity contribution in [1.82, 2.24) is 0 Å². The molecule has 0 N–H and O–H groups in total. The van der Waals surface area contributed by atoms with Crippen LogP contribution in [0.4, 0.5) is 0 Å². The van der Waals surface area contributed by atoms with Gasteiger partial charge < -0.3 is 0 Å². The summed E-state index contributed by atoms with van der Waals surface area (Å²) >= 11 is 6.10. The summed E-state index contributed by atoms with van der Waals surface area (Å²) in [6, 6.07) is 13.3. The number of hydrogen-bond acceptors (Lipinski definition) is 1. The van der Waals surface area contributed by atoms with E-state index in [0.29, 0.717) is 10.6 Å². The van der Waals surface area contributed by atoms with Crippen molar-refractivity contribution in [2.75, 3.05) is 0 Å². The number of unbranched alkanes of at least 4 members (excludes halogenated alkanes) is 1. The maximum absolute atomic E-state index is 12.5. The number of benzene rings is 2. The lowest BCUT2D eigenvalue weighted by atomic mass is 9.96.